The van der Waals surface area contributed by atoms with E-state index < -0.39 is 0 Å². The van der Waals surface area contributed by atoms with Crippen molar-refractivity contribution in [2.24, 2.45) is 0 Å². The van der Waals surface area contributed by atoms with Crippen LogP contribution in [0.1, 0.15) is 0 Å². The second-order valence-corrected chi connectivity index (χ2v) is 14.3. The molecule has 0 spiro atoms. The fraction of sp³-hybridized carbons (Fsp3) is 0. The Hall–Kier alpha value is -5.28. The van der Waals surface area contributed by atoms with E-state index in [0.29, 0.717) is 0 Å². The normalized spacial score (nSPS) is 11.9. The van der Waals surface area contributed by atoms with Crippen LogP contribution in [0.5, 0.6) is 0 Å². The second-order valence-electron chi connectivity index (χ2n) is 12.2. The first kappa shape index (κ1) is 26.0. The summed E-state index contributed by atoms with van der Waals surface area (Å²) in [7, 11) is 0. The van der Waals surface area contributed by atoms with Crippen molar-refractivity contribution in [1.82, 2.24) is 0 Å². The molecule has 0 aliphatic heterocycles. The molecule has 0 radical (unpaired) electrons. The van der Waals surface area contributed by atoms with Crippen molar-refractivity contribution < 1.29 is 0 Å². The van der Waals surface area contributed by atoms with Crippen LogP contribution in [0.4, 0.5) is 0 Å². The summed E-state index contributed by atoms with van der Waals surface area (Å²) in [6.45, 7) is 0. The van der Waals surface area contributed by atoms with Crippen LogP contribution in [0.2, 0.25) is 0 Å². The number of fused-ring (bicyclic) bond motifs is 8. The van der Waals surface area contributed by atoms with Crippen LogP contribution in [-0.4, -0.2) is 0 Å². The van der Waals surface area contributed by atoms with E-state index in [1.807, 2.05) is 22.7 Å². The van der Waals surface area contributed by atoms with Gasteiger partial charge in [0.1, 0.15) is 0 Å². The van der Waals surface area contributed by atoms with Gasteiger partial charge in [-0.05, 0) is 103 Å². The minimum atomic E-state index is 1.26. The predicted octanol–water partition coefficient (Wildman–Crippen LogP) is 13.7. The number of benzene rings is 8. The molecule has 0 atom stereocenters. The van der Waals surface area contributed by atoms with Crippen molar-refractivity contribution in [1.29, 1.82) is 0 Å². The molecule has 2 heterocycles. The van der Waals surface area contributed by atoms with E-state index in [2.05, 4.69) is 158 Å². The zero-order chi connectivity index (χ0) is 30.2. The Kier molecular flexibility index (Phi) is 5.72. The van der Waals surface area contributed by atoms with Crippen LogP contribution in [-0.2, 0) is 0 Å². The molecule has 0 fully saturated rings. The molecule has 46 heavy (non-hydrogen) atoms. The molecule has 0 saturated carbocycles. The van der Waals surface area contributed by atoms with E-state index >= 15 is 0 Å². The van der Waals surface area contributed by atoms with Gasteiger partial charge in [-0.1, -0.05) is 109 Å². The highest BCUT2D eigenvalue weighted by molar-refractivity contribution is 7.26. The molecule has 8 aromatic carbocycles. The maximum Gasteiger partial charge on any atom is 0.0361 e. The third-order valence-corrected chi connectivity index (χ3v) is 11.6. The smallest absolute Gasteiger partial charge is 0.0361 e. The van der Waals surface area contributed by atoms with Crippen LogP contribution in [0.15, 0.2) is 158 Å². The quantitative estimate of drug-likeness (QED) is 0.185. The summed E-state index contributed by atoms with van der Waals surface area (Å²) in [5.74, 6) is 0. The van der Waals surface area contributed by atoms with E-state index in [9.17, 15) is 0 Å². The van der Waals surface area contributed by atoms with E-state index in [1.165, 1.54) is 95.3 Å². The highest BCUT2D eigenvalue weighted by atomic mass is 32.1. The van der Waals surface area contributed by atoms with Gasteiger partial charge in [-0.25, -0.2) is 0 Å². The summed E-state index contributed by atoms with van der Waals surface area (Å²) in [6, 6.07) is 58.4. The number of hydrogen-bond acceptors (Lipinski definition) is 2. The Bertz CT molecular complexity index is 2590. The number of thiophene rings is 2. The predicted molar refractivity (Wildman–Crippen MR) is 204 cm³/mol. The summed E-state index contributed by atoms with van der Waals surface area (Å²) < 4.78 is 5.35. The average molecular weight is 619 g/mol. The lowest BCUT2D eigenvalue weighted by Crippen LogP contribution is -1.79. The minimum absolute atomic E-state index is 1.26. The van der Waals surface area contributed by atoms with E-state index in [4.69, 9.17) is 0 Å². The van der Waals surface area contributed by atoms with Gasteiger partial charge in [-0.3, -0.25) is 0 Å². The number of rotatable bonds is 3. The summed E-state index contributed by atoms with van der Waals surface area (Å²) in [5, 5.41) is 10.5. The van der Waals surface area contributed by atoms with E-state index in [-0.39, 0.29) is 0 Å². The molecule has 0 unspecified atom stereocenters. The van der Waals surface area contributed by atoms with Crippen LogP contribution in [0.3, 0.4) is 0 Å². The van der Waals surface area contributed by atoms with Crippen molar-refractivity contribution in [2.75, 3.05) is 0 Å². The maximum atomic E-state index is 2.38. The molecule has 214 valence electrons. The molecule has 2 aromatic heterocycles. The zero-order valence-electron chi connectivity index (χ0n) is 24.8. The topological polar surface area (TPSA) is 0 Å². The minimum Gasteiger partial charge on any atom is -0.135 e. The lowest BCUT2D eigenvalue weighted by Gasteiger charge is -2.05. The van der Waals surface area contributed by atoms with Gasteiger partial charge in [0.2, 0.25) is 0 Å². The van der Waals surface area contributed by atoms with Crippen LogP contribution in [0.25, 0.3) is 95.3 Å². The van der Waals surface area contributed by atoms with Crippen LogP contribution < -0.4 is 0 Å². The summed E-state index contributed by atoms with van der Waals surface area (Å²) in [6.07, 6.45) is 0. The average Bonchev–Trinajstić information content (AvgIpc) is 3.65. The van der Waals surface area contributed by atoms with Gasteiger partial charge in [0.25, 0.3) is 0 Å². The van der Waals surface area contributed by atoms with Crippen molar-refractivity contribution in [2.45, 2.75) is 0 Å². The Balaban J connectivity index is 1.04. The SMILES string of the molecule is c1ccc(-c2ccc3cc4c(cc3c2)sc2cc(-c3ccc5c(c3)sc3cc6cc(-c7ccccc7)ccc6cc35)ccc24)cc1. The van der Waals surface area contributed by atoms with Crippen molar-refractivity contribution in [3.63, 3.8) is 0 Å². The van der Waals surface area contributed by atoms with Gasteiger partial charge in [0.15, 0.2) is 0 Å². The fourth-order valence-electron chi connectivity index (χ4n) is 7.02. The third kappa shape index (κ3) is 4.19. The summed E-state index contributed by atoms with van der Waals surface area (Å²) in [4.78, 5) is 0. The van der Waals surface area contributed by atoms with Gasteiger partial charge >= 0.3 is 0 Å². The molecule has 0 bridgehead atoms. The van der Waals surface area contributed by atoms with E-state index in [0.717, 1.165) is 0 Å². The molecular formula is C44H26S2. The van der Waals surface area contributed by atoms with Crippen molar-refractivity contribution >= 4 is 84.6 Å². The molecule has 0 amide bonds. The molecule has 10 aromatic rings. The molecule has 2 heteroatoms. The lowest BCUT2D eigenvalue weighted by molar-refractivity contribution is 1.65. The molecule has 0 nitrogen and oxygen atoms in total. The molecule has 0 aliphatic rings. The molecule has 10 rings (SSSR count). The Morgan fingerprint density at radius 3 is 1.09 bits per heavy atom. The highest BCUT2D eigenvalue weighted by Gasteiger charge is 2.12. The molecular weight excluding hydrogens is 593 g/mol. The van der Waals surface area contributed by atoms with Crippen LogP contribution >= 0.6 is 22.7 Å². The van der Waals surface area contributed by atoms with Crippen LogP contribution in [0, 0.1) is 0 Å². The first-order valence-corrected chi connectivity index (χ1v) is 17.3. The first-order valence-electron chi connectivity index (χ1n) is 15.6. The monoisotopic (exact) mass is 618 g/mol. The Morgan fingerprint density at radius 2 is 0.630 bits per heavy atom. The summed E-state index contributed by atoms with van der Waals surface area (Å²) in [5.41, 5.74) is 7.58. The standard InChI is InChI=1S/C44H26S2/c1-3-7-27(8-4-1)29-11-13-31-21-39-37-17-15-33(23-41(37)45-43(39)25-35(31)19-29)34-16-18-38-40-22-32-14-12-30(28-9-5-2-6-10-28)20-36(32)26-44(40)46-42(38)24-34/h1-26H. The maximum absolute atomic E-state index is 2.38. The van der Waals surface area contributed by atoms with Crippen molar-refractivity contribution in [3.8, 4) is 33.4 Å². The van der Waals surface area contributed by atoms with Gasteiger partial charge in [-0.2, -0.15) is 0 Å². The lowest BCUT2D eigenvalue weighted by atomic mass is 9.98. The molecule has 0 N–H and O–H groups in total. The Labute approximate surface area is 274 Å². The largest absolute Gasteiger partial charge is 0.135 e. The van der Waals surface area contributed by atoms with Crippen molar-refractivity contribution in [3.05, 3.63) is 158 Å². The van der Waals surface area contributed by atoms with Gasteiger partial charge in [-0.15, -0.1) is 22.7 Å². The highest BCUT2D eigenvalue weighted by Crippen LogP contribution is 2.42. The molecule has 0 saturated heterocycles. The first-order chi connectivity index (χ1) is 22.7. The Morgan fingerprint density at radius 1 is 0.239 bits per heavy atom. The van der Waals surface area contributed by atoms with Gasteiger partial charge in [0, 0.05) is 40.3 Å². The molecule has 0 aliphatic carbocycles. The number of hydrogen-bond donors (Lipinski definition) is 0. The van der Waals surface area contributed by atoms with E-state index in [1.54, 1.807) is 0 Å². The van der Waals surface area contributed by atoms with Gasteiger partial charge in [0.05, 0.1) is 0 Å². The zero-order valence-corrected chi connectivity index (χ0v) is 26.5. The van der Waals surface area contributed by atoms with Gasteiger partial charge < -0.3 is 0 Å². The second kappa shape index (κ2) is 10.1. The summed E-state index contributed by atoms with van der Waals surface area (Å²) >= 11 is 3.80. The fourth-order valence-corrected chi connectivity index (χ4v) is 9.37. The third-order valence-electron chi connectivity index (χ3n) is 9.41.